The molecule has 0 aromatic carbocycles. The van der Waals surface area contributed by atoms with Crippen LogP contribution in [0.25, 0.3) is 0 Å². The first-order valence-corrected chi connectivity index (χ1v) is 7.94. The first-order chi connectivity index (χ1) is 11.1. The fraction of sp³-hybridized carbons (Fsp3) is 0.600. The summed E-state index contributed by atoms with van der Waals surface area (Å²) in [6.07, 6.45) is 5.15. The molecule has 3 fully saturated rings. The van der Waals surface area contributed by atoms with Gasteiger partial charge in [-0.25, -0.2) is 14.5 Å². The van der Waals surface area contributed by atoms with Crippen molar-refractivity contribution >= 4 is 23.9 Å². The zero-order valence-electron chi connectivity index (χ0n) is 12.6. The smallest absolute Gasteiger partial charge is 0.328 e. The number of allylic oxidation sites excluding steroid dienone is 2. The SMILES string of the molecule is O=C1NCCN1C(=O)N1CC(N2C(=O)C3CC=CCC3C2=O)C1. The lowest BCUT2D eigenvalue weighted by atomic mass is 9.85. The van der Waals surface area contributed by atoms with Crippen molar-refractivity contribution in [2.24, 2.45) is 11.8 Å². The Hall–Kier alpha value is -2.38. The number of rotatable bonds is 1. The molecule has 0 saturated carbocycles. The second-order valence-electron chi connectivity index (χ2n) is 6.43. The summed E-state index contributed by atoms with van der Waals surface area (Å²) in [7, 11) is 0. The molecule has 23 heavy (non-hydrogen) atoms. The standard InChI is InChI=1S/C15H18N4O4/c20-12-10-3-1-2-4-11(10)13(21)19(12)9-7-17(8-9)15(23)18-6-5-16-14(18)22/h1-2,9-11H,3-8H2,(H,16,22). The molecule has 1 aliphatic carbocycles. The number of hydrogen-bond donors (Lipinski definition) is 1. The van der Waals surface area contributed by atoms with Crippen LogP contribution in [0.1, 0.15) is 12.8 Å². The number of amides is 6. The van der Waals surface area contributed by atoms with Gasteiger partial charge in [0, 0.05) is 26.2 Å². The van der Waals surface area contributed by atoms with Gasteiger partial charge in [0.25, 0.3) is 0 Å². The van der Waals surface area contributed by atoms with Crippen LogP contribution in [0.4, 0.5) is 9.59 Å². The van der Waals surface area contributed by atoms with Crippen LogP contribution in [0.5, 0.6) is 0 Å². The molecular formula is C15H18N4O4. The van der Waals surface area contributed by atoms with Gasteiger partial charge in [-0.15, -0.1) is 0 Å². The fourth-order valence-electron chi connectivity index (χ4n) is 3.79. The molecule has 2 unspecified atom stereocenters. The van der Waals surface area contributed by atoms with Crippen molar-refractivity contribution in [3.05, 3.63) is 12.2 Å². The second kappa shape index (κ2) is 5.07. The maximum atomic E-state index is 12.5. The number of imide groups is 2. The predicted molar refractivity (Wildman–Crippen MR) is 78.1 cm³/mol. The summed E-state index contributed by atoms with van der Waals surface area (Å²) in [5.41, 5.74) is 0. The van der Waals surface area contributed by atoms with Gasteiger partial charge in [-0.2, -0.15) is 0 Å². The Labute approximate surface area is 133 Å². The predicted octanol–water partition coefficient (Wildman–Crippen LogP) is -0.233. The van der Waals surface area contributed by atoms with Gasteiger partial charge >= 0.3 is 12.1 Å². The number of nitrogens with zero attached hydrogens (tertiary/aromatic N) is 3. The summed E-state index contributed by atoms with van der Waals surface area (Å²) in [5.74, 6) is -0.691. The Morgan fingerprint density at radius 2 is 1.65 bits per heavy atom. The number of likely N-dealkylation sites (tertiary alicyclic amines) is 2. The molecule has 0 spiro atoms. The first kappa shape index (κ1) is 14.2. The summed E-state index contributed by atoms with van der Waals surface area (Å²) in [5, 5.41) is 2.58. The Bertz CT molecular complexity index is 599. The summed E-state index contributed by atoms with van der Waals surface area (Å²) >= 11 is 0. The number of fused-ring (bicyclic) bond motifs is 1. The van der Waals surface area contributed by atoms with Gasteiger partial charge in [-0.1, -0.05) is 12.2 Å². The molecule has 2 atom stereocenters. The van der Waals surface area contributed by atoms with Crippen molar-refractivity contribution in [1.82, 2.24) is 20.0 Å². The lowest BCUT2D eigenvalue weighted by Crippen LogP contribution is -2.64. The number of hydrogen-bond acceptors (Lipinski definition) is 4. The summed E-state index contributed by atoms with van der Waals surface area (Å²) in [6.45, 7) is 1.44. The van der Waals surface area contributed by atoms with Crippen LogP contribution < -0.4 is 5.32 Å². The van der Waals surface area contributed by atoms with Crippen molar-refractivity contribution < 1.29 is 19.2 Å². The Morgan fingerprint density at radius 3 is 2.17 bits per heavy atom. The molecule has 3 aliphatic heterocycles. The van der Waals surface area contributed by atoms with E-state index in [2.05, 4.69) is 5.32 Å². The van der Waals surface area contributed by atoms with E-state index in [-0.39, 0.29) is 41.8 Å². The number of carbonyl (C=O) groups is 4. The normalized spacial score (nSPS) is 30.6. The van der Waals surface area contributed by atoms with Gasteiger partial charge in [0.05, 0.1) is 17.9 Å². The molecule has 0 aromatic rings. The third-order valence-electron chi connectivity index (χ3n) is 5.13. The topological polar surface area (TPSA) is 90.0 Å². The third kappa shape index (κ3) is 2.04. The van der Waals surface area contributed by atoms with E-state index in [1.54, 1.807) is 0 Å². The summed E-state index contributed by atoms with van der Waals surface area (Å²) in [4.78, 5) is 52.7. The molecule has 3 heterocycles. The first-order valence-electron chi connectivity index (χ1n) is 7.94. The molecular weight excluding hydrogens is 300 g/mol. The van der Waals surface area contributed by atoms with E-state index in [1.807, 2.05) is 12.2 Å². The molecule has 6 amide bonds. The molecule has 4 rings (SSSR count). The van der Waals surface area contributed by atoms with Crippen molar-refractivity contribution in [3.8, 4) is 0 Å². The maximum Gasteiger partial charge on any atom is 0.328 e. The average molecular weight is 318 g/mol. The second-order valence-corrected chi connectivity index (χ2v) is 6.43. The highest BCUT2D eigenvalue weighted by Gasteiger charge is 2.52. The quantitative estimate of drug-likeness (QED) is 0.534. The molecule has 0 bridgehead atoms. The number of carbonyl (C=O) groups excluding carboxylic acids is 4. The van der Waals surface area contributed by atoms with Crippen molar-refractivity contribution in [2.45, 2.75) is 18.9 Å². The van der Waals surface area contributed by atoms with Gasteiger partial charge in [-0.05, 0) is 12.8 Å². The van der Waals surface area contributed by atoms with Crippen LogP contribution >= 0.6 is 0 Å². The van der Waals surface area contributed by atoms with Gasteiger partial charge < -0.3 is 10.2 Å². The van der Waals surface area contributed by atoms with E-state index < -0.39 is 0 Å². The third-order valence-corrected chi connectivity index (χ3v) is 5.13. The molecule has 3 saturated heterocycles. The van der Waals surface area contributed by atoms with Gasteiger partial charge in [0.1, 0.15) is 0 Å². The van der Waals surface area contributed by atoms with E-state index in [1.165, 1.54) is 9.80 Å². The van der Waals surface area contributed by atoms with Crippen molar-refractivity contribution in [1.29, 1.82) is 0 Å². The molecule has 0 radical (unpaired) electrons. The highest BCUT2D eigenvalue weighted by molar-refractivity contribution is 6.06. The van der Waals surface area contributed by atoms with Crippen molar-refractivity contribution in [3.63, 3.8) is 0 Å². The van der Waals surface area contributed by atoms with Gasteiger partial charge in [-0.3, -0.25) is 14.5 Å². The molecule has 8 nitrogen and oxygen atoms in total. The number of nitrogens with one attached hydrogen (secondary N) is 1. The van der Waals surface area contributed by atoms with E-state index >= 15 is 0 Å². The molecule has 4 aliphatic rings. The number of urea groups is 2. The molecule has 122 valence electrons. The van der Waals surface area contributed by atoms with Gasteiger partial charge in [0.15, 0.2) is 0 Å². The lowest BCUT2D eigenvalue weighted by molar-refractivity contribution is -0.145. The van der Waals surface area contributed by atoms with Crippen LogP contribution in [0, 0.1) is 11.8 Å². The Kier molecular flexibility index (Phi) is 3.14. The zero-order valence-corrected chi connectivity index (χ0v) is 12.6. The van der Waals surface area contributed by atoms with Crippen LogP contribution in [-0.4, -0.2) is 70.8 Å². The summed E-state index contributed by atoms with van der Waals surface area (Å²) in [6, 6.07) is -0.992. The molecule has 0 aromatic heterocycles. The molecule has 1 N–H and O–H groups in total. The lowest BCUT2D eigenvalue weighted by Gasteiger charge is -2.43. The largest absolute Gasteiger partial charge is 0.336 e. The van der Waals surface area contributed by atoms with Crippen molar-refractivity contribution in [2.75, 3.05) is 26.2 Å². The minimum atomic E-state index is -0.385. The zero-order chi connectivity index (χ0) is 16.1. The van der Waals surface area contributed by atoms with Crippen LogP contribution in [-0.2, 0) is 9.59 Å². The Balaban J connectivity index is 1.40. The minimum Gasteiger partial charge on any atom is -0.336 e. The van der Waals surface area contributed by atoms with E-state index in [4.69, 9.17) is 0 Å². The van der Waals surface area contributed by atoms with Crippen LogP contribution in [0.15, 0.2) is 12.2 Å². The monoisotopic (exact) mass is 318 g/mol. The fourth-order valence-corrected chi connectivity index (χ4v) is 3.79. The Morgan fingerprint density at radius 1 is 1.04 bits per heavy atom. The highest BCUT2D eigenvalue weighted by Crippen LogP contribution is 2.37. The van der Waals surface area contributed by atoms with Crippen LogP contribution in [0.2, 0.25) is 0 Å². The van der Waals surface area contributed by atoms with E-state index in [0.29, 0.717) is 39.0 Å². The molecule has 8 heteroatoms. The summed E-state index contributed by atoms with van der Waals surface area (Å²) < 4.78 is 0. The van der Waals surface area contributed by atoms with Gasteiger partial charge in [0.2, 0.25) is 11.8 Å². The van der Waals surface area contributed by atoms with E-state index in [9.17, 15) is 19.2 Å². The minimum absolute atomic E-state index is 0.111. The van der Waals surface area contributed by atoms with E-state index in [0.717, 1.165) is 4.90 Å². The maximum absolute atomic E-state index is 12.5. The highest BCUT2D eigenvalue weighted by atomic mass is 16.2. The average Bonchev–Trinajstić information content (AvgIpc) is 3.03. The van der Waals surface area contributed by atoms with Crippen LogP contribution in [0.3, 0.4) is 0 Å².